The van der Waals surface area contributed by atoms with Gasteiger partial charge in [0.25, 0.3) is 0 Å². The molecule has 0 aromatic rings. The Labute approximate surface area is 123 Å². The normalized spacial score (nSPS) is 26.6. The number of hydrogen-bond acceptors (Lipinski definition) is 4. The zero-order chi connectivity index (χ0) is 14.8. The number of carbonyl (C=O) groups is 1. The van der Waals surface area contributed by atoms with E-state index >= 15 is 0 Å². The monoisotopic (exact) mass is 301 g/mol. The quantitative estimate of drug-likeness (QED) is 0.755. The van der Waals surface area contributed by atoms with Crippen LogP contribution in [0.3, 0.4) is 0 Å². The van der Waals surface area contributed by atoms with Crippen molar-refractivity contribution in [2.75, 3.05) is 39.1 Å². The molecule has 1 atom stereocenters. The molecule has 0 saturated carbocycles. The minimum Gasteiger partial charge on any atom is -0.443 e. The van der Waals surface area contributed by atoms with Crippen molar-refractivity contribution in [1.82, 2.24) is 14.9 Å². The molecule has 0 spiro atoms. The van der Waals surface area contributed by atoms with Crippen LogP contribution in [0, 0.1) is 0 Å². The number of nitrogens with one attached hydrogen (secondary N) is 1. The molecule has 0 bridgehead atoms. The van der Waals surface area contributed by atoms with Gasteiger partial charge >= 0.3 is 6.09 Å². The molecule has 20 heavy (non-hydrogen) atoms. The highest BCUT2D eigenvalue weighted by Crippen LogP contribution is 2.41. The maximum atomic E-state index is 12.2. The molecule has 5 nitrogen and oxygen atoms in total. The summed E-state index contributed by atoms with van der Waals surface area (Å²) in [5.74, 6) is 0. The molecular formula is C14H28N3O2P. The van der Waals surface area contributed by atoms with E-state index in [1.807, 2.05) is 25.4 Å². The maximum absolute atomic E-state index is 12.2. The molecule has 2 aliphatic heterocycles. The maximum Gasteiger partial charge on any atom is 0.413 e. The highest BCUT2D eigenvalue weighted by Gasteiger charge is 2.33. The fraction of sp³-hybridized carbons (Fsp3) is 0.929. The van der Waals surface area contributed by atoms with E-state index in [0.717, 1.165) is 32.5 Å². The van der Waals surface area contributed by atoms with Crippen LogP contribution in [0.25, 0.3) is 0 Å². The summed E-state index contributed by atoms with van der Waals surface area (Å²) in [4.78, 5) is 14.8. The topological polar surface area (TPSA) is 44.8 Å². The molecule has 1 amide bonds. The van der Waals surface area contributed by atoms with E-state index in [1.54, 1.807) is 0 Å². The van der Waals surface area contributed by atoms with Gasteiger partial charge in [-0.25, -0.2) is 4.79 Å². The first-order chi connectivity index (χ1) is 9.37. The predicted molar refractivity (Wildman–Crippen MR) is 83.2 cm³/mol. The summed E-state index contributed by atoms with van der Waals surface area (Å²) < 4.78 is 7.45. The lowest BCUT2D eigenvalue weighted by molar-refractivity contribution is 0.0354. The van der Waals surface area contributed by atoms with Gasteiger partial charge in [-0.2, -0.15) is 0 Å². The number of piperidine rings is 1. The van der Waals surface area contributed by atoms with Gasteiger partial charge in [-0.3, -0.25) is 9.57 Å². The van der Waals surface area contributed by atoms with E-state index in [0.29, 0.717) is 6.04 Å². The Morgan fingerprint density at radius 3 is 2.45 bits per heavy atom. The Kier molecular flexibility index (Phi) is 5.27. The minimum absolute atomic E-state index is 0.143. The number of nitrogens with zero attached hydrogens (tertiary/aromatic N) is 2. The van der Waals surface area contributed by atoms with Crippen molar-refractivity contribution in [2.45, 2.75) is 45.3 Å². The molecule has 2 rings (SSSR count). The first-order valence-corrected chi connectivity index (χ1v) is 9.46. The lowest BCUT2D eigenvalue weighted by Crippen LogP contribution is -2.50. The van der Waals surface area contributed by atoms with Gasteiger partial charge in [-0.05, 0) is 53.4 Å². The summed E-state index contributed by atoms with van der Waals surface area (Å²) in [5, 5.41) is 3.41. The molecule has 2 heterocycles. The summed E-state index contributed by atoms with van der Waals surface area (Å²) in [6, 6.07) is 0.696. The van der Waals surface area contributed by atoms with Gasteiger partial charge in [0.05, 0.1) is 0 Å². The average molecular weight is 301 g/mol. The summed E-state index contributed by atoms with van der Waals surface area (Å²) in [6.07, 6.45) is 3.35. The molecule has 0 aliphatic carbocycles. The Hall–Kier alpha value is -0.380. The van der Waals surface area contributed by atoms with Crippen LogP contribution >= 0.6 is 8.07 Å². The van der Waals surface area contributed by atoms with Crippen LogP contribution in [-0.4, -0.2) is 66.4 Å². The summed E-state index contributed by atoms with van der Waals surface area (Å²) >= 11 is 0. The van der Waals surface area contributed by atoms with Crippen molar-refractivity contribution in [1.29, 1.82) is 0 Å². The van der Waals surface area contributed by atoms with Crippen LogP contribution in [0.5, 0.6) is 0 Å². The van der Waals surface area contributed by atoms with Crippen molar-refractivity contribution in [3.63, 3.8) is 0 Å². The molecule has 2 saturated heterocycles. The smallest absolute Gasteiger partial charge is 0.413 e. The van der Waals surface area contributed by atoms with Gasteiger partial charge in [0.1, 0.15) is 5.60 Å². The SMILES string of the molecule is CP1CN(C2CCNCC2)CCN1C(=O)OC(C)(C)C. The number of hydrogen-bond donors (Lipinski definition) is 1. The van der Waals surface area contributed by atoms with E-state index in [-0.39, 0.29) is 6.09 Å². The third kappa shape index (κ3) is 4.31. The molecule has 1 N–H and O–H groups in total. The molecule has 116 valence electrons. The van der Waals surface area contributed by atoms with E-state index in [9.17, 15) is 4.79 Å². The number of rotatable bonds is 1. The molecule has 1 unspecified atom stereocenters. The van der Waals surface area contributed by atoms with Crippen LogP contribution < -0.4 is 5.32 Å². The van der Waals surface area contributed by atoms with Gasteiger partial charge in [0.15, 0.2) is 0 Å². The van der Waals surface area contributed by atoms with Crippen molar-refractivity contribution in [3.05, 3.63) is 0 Å². The fourth-order valence-electron chi connectivity index (χ4n) is 2.82. The third-order valence-corrected chi connectivity index (χ3v) is 5.79. The van der Waals surface area contributed by atoms with E-state index in [2.05, 4.69) is 16.9 Å². The Bertz CT molecular complexity index is 340. The lowest BCUT2D eigenvalue weighted by Gasteiger charge is -2.44. The van der Waals surface area contributed by atoms with E-state index < -0.39 is 13.7 Å². The van der Waals surface area contributed by atoms with Crippen molar-refractivity contribution >= 4 is 14.2 Å². The minimum atomic E-state index is -0.447. The zero-order valence-electron chi connectivity index (χ0n) is 13.2. The number of amides is 1. The molecule has 2 fully saturated rings. The highest BCUT2D eigenvalue weighted by atomic mass is 31.1. The second-order valence-corrected chi connectivity index (χ2v) is 8.78. The average Bonchev–Trinajstić information content (AvgIpc) is 2.37. The van der Waals surface area contributed by atoms with Gasteiger partial charge in [-0.1, -0.05) is 0 Å². The van der Waals surface area contributed by atoms with Crippen molar-refractivity contribution in [3.8, 4) is 0 Å². The summed E-state index contributed by atoms with van der Waals surface area (Å²) in [5.41, 5.74) is -0.403. The molecule has 2 aliphatic rings. The highest BCUT2D eigenvalue weighted by molar-refractivity contribution is 7.55. The standard InChI is InChI=1S/C14H28N3O2P/c1-14(2,3)19-13(18)17-10-9-16(11-20(17)4)12-5-7-15-8-6-12/h12,15H,5-11H2,1-4H3. The van der Waals surface area contributed by atoms with Crippen molar-refractivity contribution in [2.24, 2.45) is 0 Å². The zero-order valence-corrected chi connectivity index (χ0v) is 14.1. The molecule has 0 aromatic heterocycles. The second kappa shape index (κ2) is 6.59. The predicted octanol–water partition coefficient (Wildman–Crippen LogP) is 2.28. The van der Waals surface area contributed by atoms with Gasteiger partial charge in [0.2, 0.25) is 0 Å². The largest absolute Gasteiger partial charge is 0.443 e. The first kappa shape index (κ1) is 16.0. The third-order valence-electron chi connectivity index (χ3n) is 3.83. The second-order valence-electron chi connectivity index (χ2n) is 6.70. The van der Waals surface area contributed by atoms with Crippen molar-refractivity contribution < 1.29 is 9.53 Å². The Morgan fingerprint density at radius 2 is 1.90 bits per heavy atom. The molecule has 0 radical (unpaired) electrons. The lowest BCUT2D eigenvalue weighted by atomic mass is 10.1. The molecular weight excluding hydrogens is 273 g/mol. The number of ether oxygens (including phenoxy) is 1. The van der Waals surface area contributed by atoms with Crippen LogP contribution in [0.1, 0.15) is 33.6 Å². The summed E-state index contributed by atoms with van der Waals surface area (Å²) in [6.45, 7) is 12.0. The number of carbonyl (C=O) groups excluding carboxylic acids is 1. The first-order valence-electron chi connectivity index (χ1n) is 7.53. The Morgan fingerprint density at radius 1 is 1.25 bits per heavy atom. The van der Waals surface area contributed by atoms with Crippen LogP contribution in [0.2, 0.25) is 0 Å². The molecule has 0 aromatic carbocycles. The van der Waals surface area contributed by atoms with E-state index in [4.69, 9.17) is 4.74 Å². The fourth-order valence-corrected chi connectivity index (χ4v) is 4.62. The van der Waals surface area contributed by atoms with E-state index in [1.165, 1.54) is 12.8 Å². The summed E-state index contributed by atoms with van der Waals surface area (Å²) in [7, 11) is -0.447. The van der Waals surface area contributed by atoms with Gasteiger partial charge in [0, 0.05) is 33.5 Å². The van der Waals surface area contributed by atoms with Crippen LogP contribution in [-0.2, 0) is 4.74 Å². The van der Waals surface area contributed by atoms with Gasteiger partial charge < -0.3 is 10.1 Å². The van der Waals surface area contributed by atoms with Crippen LogP contribution in [0.4, 0.5) is 4.79 Å². The van der Waals surface area contributed by atoms with Crippen LogP contribution in [0.15, 0.2) is 0 Å². The molecule has 6 heteroatoms. The van der Waals surface area contributed by atoms with Gasteiger partial charge in [-0.15, -0.1) is 0 Å². The Balaban J connectivity index is 1.87.